The summed E-state index contributed by atoms with van der Waals surface area (Å²) in [4.78, 5) is 8.83. The molecule has 1 heterocycles. The monoisotopic (exact) mass is 287 g/mol. The summed E-state index contributed by atoms with van der Waals surface area (Å²) < 4.78 is 0. The molecule has 0 unspecified atom stereocenters. The highest BCUT2D eigenvalue weighted by Crippen LogP contribution is 2.25. The molecule has 0 fully saturated rings. The smallest absolute Gasteiger partial charge is 0.299 e. The zero-order valence-corrected chi connectivity index (χ0v) is 11.9. The first-order valence-electron chi connectivity index (χ1n) is 6.94. The molecule has 106 valence electrons. The maximum Gasteiger partial charge on any atom is 0.299 e. The van der Waals surface area contributed by atoms with Gasteiger partial charge in [-0.15, -0.1) is 0 Å². The maximum atomic E-state index is 4.44. The molecule has 2 N–H and O–H groups in total. The third-order valence-electron chi connectivity index (χ3n) is 3.03. The second kappa shape index (κ2) is 6.97. The number of nitrogens with zero attached hydrogens (tertiary/aromatic N) is 2. The molecule has 4 nitrogen and oxygen atoms in total. The molecular formula is C18H15N4+. The number of allylic oxidation sites excluding steroid dienone is 2. The SMILES string of the molecule is [C+]1=CNc2ccccc2N=CC=CNc2ccccc2N=C1. The van der Waals surface area contributed by atoms with Crippen LogP contribution < -0.4 is 10.6 Å². The van der Waals surface area contributed by atoms with Gasteiger partial charge in [0, 0.05) is 12.4 Å². The summed E-state index contributed by atoms with van der Waals surface area (Å²) in [7, 11) is 0. The van der Waals surface area contributed by atoms with Crippen molar-refractivity contribution in [2.24, 2.45) is 9.98 Å². The van der Waals surface area contributed by atoms with Gasteiger partial charge in [-0.3, -0.25) is 4.99 Å². The van der Waals surface area contributed by atoms with Gasteiger partial charge in [0.15, 0.2) is 0 Å². The van der Waals surface area contributed by atoms with Crippen LogP contribution in [0.15, 0.2) is 77.0 Å². The summed E-state index contributed by atoms with van der Waals surface area (Å²) >= 11 is 0. The number of rotatable bonds is 0. The second-order valence-corrected chi connectivity index (χ2v) is 4.53. The Bertz CT molecular complexity index is 692. The fourth-order valence-corrected chi connectivity index (χ4v) is 1.98. The lowest BCUT2D eigenvalue weighted by atomic mass is 10.2. The average Bonchev–Trinajstić information content (AvgIpc) is 2.56. The first-order chi connectivity index (χ1) is 10.9. The minimum absolute atomic E-state index is 0.849. The Hall–Kier alpha value is -3.23. The molecule has 0 amide bonds. The van der Waals surface area contributed by atoms with Gasteiger partial charge < -0.3 is 10.6 Å². The van der Waals surface area contributed by atoms with E-state index in [4.69, 9.17) is 0 Å². The Kier molecular flexibility index (Phi) is 4.36. The predicted octanol–water partition coefficient (Wildman–Crippen LogP) is 4.46. The van der Waals surface area contributed by atoms with Gasteiger partial charge in [-0.25, -0.2) is 4.99 Å². The Morgan fingerprint density at radius 3 is 2.27 bits per heavy atom. The number of benzene rings is 2. The van der Waals surface area contributed by atoms with E-state index >= 15 is 0 Å². The second-order valence-electron chi connectivity index (χ2n) is 4.53. The Morgan fingerprint density at radius 1 is 0.773 bits per heavy atom. The van der Waals surface area contributed by atoms with Crippen molar-refractivity contribution in [1.29, 1.82) is 0 Å². The largest absolute Gasteiger partial charge is 0.360 e. The van der Waals surface area contributed by atoms with E-state index < -0.39 is 0 Å². The van der Waals surface area contributed by atoms with Crippen LogP contribution in [0.2, 0.25) is 0 Å². The number of aliphatic imine (C=N–C) groups is 2. The van der Waals surface area contributed by atoms with E-state index in [1.165, 1.54) is 0 Å². The minimum atomic E-state index is 0.849. The van der Waals surface area contributed by atoms with Gasteiger partial charge in [0.1, 0.15) is 0 Å². The number of hydrogen-bond acceptors (Lipinski definition) is 4. The van der Waals surface area contributed by atoms with Crippen molar-refractivity contribution in [2.75, 3.05) is 10.6 Å². The van der Waals surface area contributed by atoms with Crippen LogP contribution in [0.3, 0.4) is 0 Å². The highest BCUT2D eigenvalue weighted by Gasteiger charge is 2.01. The van der Waals surface area contributed by atoms with Gasteiger partial charge in [0.25, 0.3) is 18.5 Å². The Labute approximate surface area is 129 Å². The van der Waals surface area contributed by atoms with Gasteiger partial charge in [-0.05, 0) is 30.3 Å². The first-order valence-corrected chi connectivity index (χ1v) is 6.94. The van der Waals surface area contributed by atoms with Gasteiger partial charge >= 0.3 is 0 Å². The van der Waals surface area contributed by atoms with E-state index in [1.54, 1.807) is 18.6 Å². The van der Waals surface area contributed by atoms with Crippen molar-refractivity contribution in [3.05, 3.63) is 73.1 Å². The predicted molar refractivity (Wildman–Crippen MR) is 93.4 cm³/mol. The number of hydrogen-bond donors (Lipinski definition) is 2. The molecule has 2 aromatic carbocycles. The summed E-state index contributed by atoms with van der Waals surface area (Å²) in [5, 5.41) is 6.36. The number of nitrogens with one attached hydrogen (secondary N) is 2. The molecule has 2 aromatic rings. The Morgan fingerprint density at radius 2 is 1.45 bits per heavy atom. The molecule has 0 saturated carbocycles. The molecule has 1 aliphatic heterocycles. The van der Waals surface area contributed by atoms with E-state index in [1.807, 2.05) is 60.8 Å². The van der Waals surface area contributed by atoms with Crippen molar-refractivity contribution in [3.8, 4) is 0 Å². The number of fused-ring (bicyclic) bond motifs is 2. The van der Waals surface area contributed by atoms with Gasteiger partial charge in [-0.1, -0.05) is 24.3 Å². The number of para-hydroxylation sites is 4. The summed E-state index contributed by atoms with van der Waals surface area (Å²) in [6.45, 7) is 0. The zero-order valence-electron chi connectivity index (χ0n) is 11.9. The topological polar surface area (TPSA) is 48.8 Å². The van der Waals surface area contributed by atoms with Crippen LogP contribution in [0.4, 0.5) is 22.7 Å². The highest BCUT2D eigenvalue weighted by molar-refractivity contribution is 5.81. The molecule has 3 rings (SSSR count). The quantitative estimate of drug-likeness (QED) is 0.703. The fraction of sp³-hybridized carbons (Fsp3) is 0. The molecule has 0 saturated heterocycles. The lowest BCUT2D eigenvalue weighted by Gasteiger charge is -2.03. The van der Waals surface area contributed by atoms with E-state index in [9.17, 15) is 0 Å². The van der Waals surface area contributed by atoms with Crippen molar-refractivity contribution in [2.45, 2.75) is 0 Å². The molecule has 0 atom stereocenters. The third-order valence-corrected chi connectivity index (χ3v) is 3.03. The molecular weight excluding hydrogens is 272 g/mol. The molecule has 0 aromatic heterocycles. The molecule has 4 heteroatoms. The Balaban J connectivity index is 1.92. The van der Waals surface area contributed by atoms with Crippen molar-refractivity contribution >= 4 is 35.2 Å². The van der Waals surface area contributed by atoms with Crippen LogP contribution in [0.5, 0.6) is 0 Å². The zero-order chi connectivity index (χ0) is 15.0. The third kappa shape index (κ3) is 3.45. The van der Waals surface area contributed by atoms with Crippen LogP contribution in [0.1, 0.15) is 0 Å². The van der Waals surface area contributed by atoms with Crippen LogP contribution in [-0.2, 0) is 0 Å². The molecule has 0 aliphatic carbocycles. The van der Waals surface area contributed by atoms with E-state index in [0.717, 1.165) is 22.7 Å². The summed E-state index contributed by atoms with van der Waals surface area (Å²) in [6, 6.07) is 15.6. The lowest BCUT2D eigenvalue weighted by Crippen LogP contribution is -1.90. The average molecular weight is 287 g/mol. The van der Waals surface area contributed by atoms with Crippen molar-refractivity contribution in [3.63, 3.8) is 0 Å². The summed E-state index contributed by atoms with van der Waals surface area (Å²) in [5.74, 6) is 0. The van der Waals surface area contributed by atoms with Gasteiger partial charge in [0.2, 0.25) is 0 Å². The van der Waals surface area contributed by atoms with Gasteiger partial charge in [-0.2, -0.15) is 0 Å². The van der Waals surface area contributed by atoms with E-state index in [0.29, 0.717) is 0 Å². The summed E-state index contributed by atoms with van der Waals surface area (Å²) in [6.07, 6.45) is 11.8. The lowest BCUT2D eigenvalue weighted by molar-refractivity contribution is 1.47. The highest BCUT2D eigenvalue weighted by atomic mass is 14.9. The van der Waals surface area contributed by atoms with Crippen LogP contribution >= 0.6 is 0 Å². The van der Waals surface area contributed by atoms with Gasteiger partial charge in [0.05, 0.1) is 22.7 Å². The van der Waals surface area contributed by atoms with E-state index in [2.05, 4.69) is 26.7 Å². The number of anilines is 2. The molecule has 1 aliphatic rings. The molecule has 0 radical (unpaired) electrons. The van der Waals surface area contributed by atoms with Crippen molar-refractivity contribution < 1.29 is 0 Å². The van der Waals surface area contributed by atoms with Crippen molar-refractivity contribution in [1.82, 2.24) is 0 Å². The molecule has 0 bridgehead atoms. The van der Waals surface area contributed by atoms with E-state index in [-0.39, 0.29) is 0 Å². The molecule has 22 heavy (non-hydrogen) atoms. The standard InChI is InChI=1S/C18H15N4/c1-2-8-16-15(7-1)19-11-5-13-21-17-9-3-4-10-18(17)22-14-6-12-20-16/h1-5,7-14,19,22H/q+1. The van der Waals surface area contributed by atoms with Crippen LogP contribution in [-0.4, -0.2) is 12.4 Å². The molecule has 0 spiro atoms. The van der Waals surface area contributed by atoms with Crippen LogP contribution in [0.25, 0.3) is 0 Å². The summed E-state index contributed by atoms with van der Waals surface area (Å²) in [5.41, 5.74) is 3.55. The normalized spacial score (nSPS) is 13.1. The fourth-order valence-electron chi connectivity index (χ4n) is 1.98. The first kappa shape index (κ1) is 13.7. The minimum Gasteiger partial charge on any atom is -0.360 e. The maximum absolute atomic E-state index is 4.44. The van der Waals surface area contributed by atoms with Crippen LogP contribution in [0, 0.1) is 6.08 Å².